The molecule has 3 aliphatic heterocycles. The Morgan fingerprint density at radius 3 is 2.59 bits per heavy atom. The Morgan fingerprint density at radius 1 is 0.966 bits per heavy atom. The fourth-order valence-corrected chi connectivity index (χ4v) is 10.3. The lowest BCUT2D eigenvalue weighted by Crippen LogP contribution is -2.63. The van der Waals surface area contributed by atoms with E-state index in [2.05, 4.69) is 43.6 Å². The van der Waals surface area contributed by atoms with Crippen molar-refractivity contribution in [3.8, 4) is 34.4 Å². The molecule has 3 amide bonds. The molecule has 4 heterocycles. The van der Waals surface area contributed by atoms with Crippen LogP contribution in [0, 0.1) is 16.7 Å². The number of nitrogens with one attached hydrogen (secondary N) is 2. The molecular formula is C45H46Cl2N6O6. The molecule has 3 saturated heterocycles. The van der Waals surface area contributed by atoms with Crippen molar-refractivity contribution in [3.63, 3.8) is 0 Å². The number of aliphatic hydroxyl groups is 1. The van der Waals surface area contributed by atoms with Gasteiger partial charge in [0.05, 0.1) is 28.3 Å². The highest BCUT2D eigenvalue weighted by atomic mass is 35.5. The molecule has 14 heteroatoms. The number of aromatic nitrogens is 1. The topological polar surface area (TPSA) is 149 Å². The molecule has 4 fully saturated rings. The quantitative estimate of drug-likeness (QED) is 0.0953. The molecule has 5 aliphatic rings. The van der Waals surface area contributed by atoms with E-state index in [1.165, 1.54) is 11.8 Å². The van der Waals surface area contributed by atoms with Crippen LogP contribution in [0.5, 0.6) is 17.2 Å². The van der Waals surface area contributed by atoms with E-state index < -0.39 is 11.6 Å². The Bertz CT molecular complexity index is 2320. The number of aliphatic hydroxyl groups excluding tert-OH is 1. The lowest BCUT2D eigenvalue weighted by molar-refractivity contribution is -0.128. The summed E-state index contributed by atoms with van der Waals surface area (Å²) in [7, 11) is 0. The molecule has 12 nitrogen and oxygen atoms in total. The zero-order valence-electron chi connectivity index (χ0n) is 32.6. The maximum atomic E-state index is 12.8. The summed E-state index contributed by atoms with van der Waals surface area (Å²) in [4.78, 5) is 33.6. The number of imide groups is 1. The predicted molar refractivity (Wildman–Crippen MR) is 221 cm³/mol. The van der Waals surface area contributed by atoms with Crippen molar-refractivity contribution in [2.75, 3.05) is 39.3 Å². The van der Waals surface area contributed by atoms with Crippen LogP contribution in [0.2, 0.25) is 10.0 Å². The highest BCUT2D eigenvalue weighted by molar-refractivity contribution is 6.35. The highest BCUT2D eigenvalue weighted by Gasteiger charge is 2.51. The van der Waals surface area contributed by atoms with Crippen LogP contribution in [0.25, 0.3) is 11.1 Å². The fraction of sp³-hybridized carbons (Fsp3) is 0.422. The van der Waals surface area contributed by atoms with Crippen LogP contribution in [0.15, 0.2) is 67.0 Å². The number of piperidine rings is 1. The molecule has 2 spiro atoms. The van der Waals surface area contributed by atoms with E-state index in [0.717, 1.165) is 92.5 Å². The molecule has 3 N–H and O–H groups in total. The van der Waals surface area contributed by atoms with Gasteiger partial charge in [0.1, 0.15) is 41.6 Å². The standard InChI is InChI=1S/C45H46Cl2N6O6/c46-36-16-30(23-52-12-3-11-45(27-52)42(55)50-43(56)51-45)39(58-24-29-15-28(20-48)21-49-22-29)17-40(36)59-37-10-9-33-32(5-1-6-34(33)37)35-7-2-8-38(41(35)47)57-14-4-13-53-25-44(26-53)18-31(54)19-44/h1-2,5-8,15-17,21-22,31,37,54H,3-4,9-14,18-19,23-27H2,(H2,50,51,55,56)/t37-,45?/m0/s1. The van der Waals surface area contributed by atoms with Gasteiger partial charge in [-0.3, -0.25) is 20.0 Å². The summed E-state index contributed by atoms with van der Waals surface area (Å²) in [6, 6.07) is 19.2. The van der Waals surface area contributed by atoms with Crippen LogP contribution in [0.4, 0.5) is 4.79 Å². The number of carbonyl (C=O) groups is 2. The first-order valence-corrected chi connectivity index (χ1v) is 21.1. The zero-order valence-corrected chi connectivity index (χ0v) is 34.2. The average molecular weight is 838 g/mol. The van der Waals surface area contributed by atoms with Crippen LogP contribution >= 0.6 is 23.2 Å². The Labute approximate surface area is 353 Å². The van der Waals surface area contributed by atoms with Gasteiger partial charge in [0.25, 0.3) is 5.91 Å². The number of urea groups is 1. The maximum Gasteiger partial charge on any atom is 0.322 e. The minimum atomic E-state index is -0.972. The number of halogens is 2. The number of hydrogen-bond donors (Lipinski definition) is 3. The molecule has 4 aromatic rings. The van der Waals surface area contributed by atoms with Gasteiger partial charge in [0.2, 0.25) is 0 Å². The Kier molecular flexibility index (Phi) is 10.9. The summed E-state index contributed by atoms with van der Waals surface area (Å²) in [6.45, 7) is 5.32. The molecule has 1 aromatic heterocycles. The van der Waals surface area contributed by atoms with Gasteiger partial charge in [0.15, 0.2) is 0 Å². The monoisotopic (exact) mass is 836 g/mol. The van der Waals surface area contributed by atoms with Gasteiger partial charge < -0.3 is 29.5 Å². The molecule has 0 bridgehead atoms. The second-order valence-corrected chi connectivity index (χ2v) is 17.6. The number of nitrogens with zero attached hydrogens (tertiary/aromatic N) is 4. The van der Waals surface area contributed by atoms with Crippen molar-refractivity contribution >= 4 is 35.1 Å². The first-order valence-electron chi connectivity index (χ1n) is 20.4. The number of nitriles is 1. The van der Waals surface area contributed by atoms with E-state index in [0.29, 0.717) is 64.4 Å². The minimum Gasteiger partial charge on any atom is -0.492 e. The van der Waals surface area contributed by atoms with Crippen LogP contribution in [-0.4, -0.2) is 82.8 Å². The number of rotatable bonds is 13. The largest absolute Gasteiger partial charge is 0.492 e. The third-order valence-corrected chi connectivity index (χ3v) is 13.2. The van der Waals surface area contributed by atoms with Crippen molar-refractivity contribution in [3.05, 3.63) is 105 Å². The van der Waals surface area contributed by atoms with Crippen LogP contribution in [0.1, 0.15) is 72.4 Å². The van der Waals surface area contributed by atoms with Gasteiger partial charge >= 0.3 is 6.03 Å². The molecule has 9 rings (SSSR count). The summed E-state index contributed by atoms with van der Waals surface area (Å²) in [5, 5.41) is 25.4. The van der Waals surface area contributed by atoms with Crippen molar-refractivity contribution in [1.82, 2.24) is 25.4 Å². The summed E-state index contributed by atoms with van der Waals surface area (Å²) in [6.07, 6.45) is 8.36. The smallest absolute Gasteiger partial charge is 0.322 e. The van der Waals surface area contributed by atoms with Gasteiger partial charge in [-0.2, -0.15) is 5.26 Å². The summed E-state index contributed by atoms with van der Waals surface area (Å²) >= 11 is 14.1. The van der Waals surface area contributed by atoms with E-state index in [4.69, 9.17) is 37.4 Å². The zero-order chi connectivity index (χ0) is 40.7. The van der Waals surface area contributed by atoms with Crippen LogP contribution < -0.4 is 24.8 Å². The number of carbonyl (C=O) groups excluding carboxylic acids is 2. The lowest BCUT2D eigenvalue weighted by Gasteiger charge is -2.58. The van der Waals surface area contributed by atoms with Gasteiger partial charge in [-0.1, -0.05) is 53.5 Å². The number of pyridine rings is 1. The third kappa shape index (κ3) is 8.07. The number of benzene rings is 3. The molecule has 59 heavy (non-hydrogen) atoms. The third-order valence-electron chi connectivity index (χ3n) is 12.5. The molecule has 2 atom stereocenters. The normalized spacial score (nSPS) is 22.3. The molecule has 3 aromatic carbocycles. The fourth-order valence-electron chi connectivity index (χ4n) is 9.75. The SMILES string of the molecule is N#Cc1cncc(COc2cc(O[C@H]3CCc4c(-c5cccc(OCCCN6CC7(CC(O)C7)C6)c5Cl)cccc43)c(Cl)cc2CN2CCCC3(C2)NC(=O)NC3=O)c1. The van der Waals surface area contributed by atoms with Crippen LogP contribution in [0.3, 0.4) is 0 Å². The van der Waals surface area contributed by atoms with E-state index in [1.54, 1.807) is 12.3 Å². The molecule has 306 valence electrons. The van der Waals surface area contributed by atoms with E-state index in [9.17, 15) is 20.0 Å². The number of amides is 3. The lowest BCUT2D eigenvalue weighted by atomic mass is 9.62. The average Bonchev–Trinajstić information content (AvgIpc) is 3.73. The maximum absolute atomic E-state index is 12.8. The van der Waals surface area contributed by atoms with Crippen molar-refractivity contribution in [2.24, 2.45) is 5.41 Å². The second-order valence-electron chi connectivity index (χ2n) is 16.8. The van der Waals surface area contributed by atoms with Gasteiger partial charge in [0, 0.05) is 73.3 Å². The van der Waals surface area contributed by atoms with Crippen molar-refractivity contribution in [2.45, 2.75) is 75.8 Å². The van der Waals surface area contributed by atoms with Crippen molar-refractivity contribution in [1.29, 1.82) is 5.26 Å². The number of ether oxygens (including phenoxy) is 3. The molecule has 1 saturated carbocycles. The van der Waals surface area contributed by atoms with E-state index in [-0.39, 0.29) is 24.7 Å². The molecule has 0 radical (unpaired) electrons. The predicted octanol–water partition coefficient (Wildman–Crippen LogP) is 6.97. The number of hydrogen-bond acceptors (Lipinski definition) is 10. The first-order chi connectivity index (χ1) is 28.6. The van der Waals surface area contributed by atoms with Crippen LogP contribution in [-0.2, 0) is 24.4 Å². The van der Waals surface area contributed by atoms with Gasteiger partial charge in [-0.15, -0.1) is 0 Å². The van der Waals surface area contributed by atoms with Crippen molar-refractivity contribution < 1.29 is 28.9 Å². The Morgan fingerprint density at radius 2 is 1.80 bits per heavy atom. The summed E-state index contributed by atoms with van der Waals surface area (Å²) in [5.74, 6) is 1.38. The summed E-state index contributed by atoms with van der Waals surface area (Å²) in [5.41, 5.74) is 5.53. The molecule has 1 unspecified atom stereocenters. The number of likely N-dealkylation sites (tertiary alicyclic amines) is 2. The number of fused-ring (bicyclic) bond motifs is 1. The summed E-state index contributed by atoms with van der Waals surface area (Å²) < 4.78 is 19.4. The van der Waals surface area contributed by atoms with E-state index in [1.807, 2.05) is 36.4 Å². The Hall–Kier alpha value is -4.90. The second kappa shape index (κ2) is 16.3. The van der Waals surface area contributed by atoms with Gasteiger partial charge in [-0.25, -0.2) is 4.79 Å². The molecule has 2 aliphatic carbocycles. The molecular weight excluding hydrogens is 791 g/mol. The minimum absolute atomic E-state index is 0.113. The van der Waals surface area contributed by atoms with E-state index >= 15 is 0 Å². The van der Waals surface area contributed by atoms with Gasteiger partial charge in [-0.05, 0) is 86.4 Å². The Balaban J connectivity index is 0.909. The highest BCUT2D eigenvalue weighted by Crippen LogP contribution is 2.49. The first kappa shape index (κ1) is 39.6.